The fourth-order valence-electron chi connectivity index (χ4n) is 2.58. The van der Waals surface area contributed by atoms with Crippen molar-refractivity contribution in [3.8, 4) is 0 Å². The van der Waals surface area contributed by atoms with Crippen molar-refractivity contribution >= 4 is 0 Å². The Morgan fingerprint density at radius 1 is 1.11 bits per heavy atom. The van der Waals surface area contributed by atoms with Crippen LogP contribution >= 0.6 is 0 Å². The Morgan fingerprint density at radius 2 is 1.67 bits per heavy atom. The lowest BCUT2D eigenvalue weighted by Gasteiger charge is -2.26. The normalized spacial score (nSPS) is 11.9. The summed E-state index contributed by atoms with van der Waals surface area (Å²) in [6, 6.07) is 4.54. The molecular formula is C16H28N2. The number of hydrogen-bond donors (Lipinski definition) is 2. The van der Waals surface area contributed by atoms with Crippen LogP contribution in [0.4, 0.5) is 0 Å². The van der Waals surface area contributed by atoms with Crippen LogP contribution in [0.3, 0.4) is 0 Å². The van der Waals surface area contributed by atoms with Crippen molar-refractivity contribution in [2.24, 2.45) is 5.73 Å². The zero-order chi connectivity index (χ0) is 13.8. The van der Waals surface area contributed by atoms with Gasteiger partial charge in [0, 0.05) is 5.54 Å². The highest BCUT2D eigenvalue weighted by Crippen LogP contribution is 2.17. The summed E-state index contributed by atoms with van der Waals surface area (Å²) < 4.78 is 0. The molecule has 0 aliphatic heterocycles. The number of rotatable bonds is 6. The molecule has 0 unspecified atom stereocenters. The highest BCUT2D eigenvalue weighted by atomic mass is 14.9. The van der Waals surface area contributed by atoms with Crippen LogP contribution in [0.15, 0.2) is 12.1 Å². The van der Waals surface area contributed by atoms with Crippen LogP contribution in [0, 0.1) is 20.8 Å². The van der Waals surface area contributed by atoms with Crippen molar-refractivity contribution in [2.45, 2.75) is 53.0 Å². The quantitative estimate of drug-likeness (QED) is 0.812. The Hall–Kier alpha value is -0.860. The first-order valence-corrected chi connectivity index (χ1v) is 6.87. The zero-order valence-corrected chi connectivity index (χ0v) is 12.6. The molecule has 18 heavy (non-hydrogen) atoms. The lowest BCUT2D eigenvalue weighted by atomic mass is 9.96. The number of aryl methyl sites for hydroxylation is 3. The van der Waals surface area contributed by atoms with Crippen LogP contribution < -0.4 is 11.1 Å². The van der Waals surface area contributed by atoms with E-state index in [1.54, 1.807) is 0 Å². The van der Waals surface area contributed by atoms with Crippen LogP contribution in [0.2, 0.25) is 0 Å². The predicted molar refractivity (Wildman–Crippen MR) is 80.1 cm³/mol. The van der Waals surface area contributed by atoms with Gasteiger partial charge in [-0.25, -0.2) is 0 Å². The van der Waals surface area contributed by atoms with E-state index in [4.69, 9.17) is 5.73 Å². The number of benzene rings is 1. The molecule has 0 saturated heterocycles. The van der Waals surface area contributed by atoms with Gasteiger partial charge < -0.3 is 11.1 Å². The van der Waals surface area contributed by atoms with Crippen molar-refractivity contribution < 1.29 is 0 Å². The summed E-state index contributed by atoms with van der Waals surface area (Å²) in [7, 11) is 0. The van der Waals surface area contributed by atoms with Crippen molar-refractivity contribution in [1.82, 2.24) is 5.32 Å². The number of nitrogens with two attached hydrogens (primary N) is 1. The second-order valence-corrected chi connectivity index (χ2v) is 5.98. The maximum atomic E-state index is 5.62. The van der Waals surface area contributed by atoms with Crippen LogP contribution in [-0.2, 0) is 6.42 Å². The van der Waals surface area contributed by atoms with Gasteiger partial charge in [-0.1, -0.05) is 17.7 Å². The maximum Gasteiger partial charge on any atom is 0.0137 e. The molecule has 0 saturated carbocycles. The van der Waals surface area contributed by atoms with Crippen LogP contribution in [-0.4, -0.2) is 18.6 Å². The Bertz CT molecular complexity index is 371. The Balaban J connectivity index is 2.59. The van der Waals surface area contributed by atoms with Gasteiger partial charge in [0.25, 0.3) is 0 Å². The molecule has 1 rings (SSSR count). The average molecular weight is 248 g/mol. The van der Waals surface area contributed by atoms with E-state index in [1.807, 2.05) is 0 Å². The van der Waals surface area contributed by atoms with E-state index in [0.717, 1.165) is 25.9 Å². The molecule has 0 aromatic heterocycles. The van der Waals surface area contributed by atoms with E-state index in [9.17, 15) is 0 Å². The Labute approximate surface area is 112 Å². The molecule has 0 aliphatic carbocycles. The van der Waals surface area contributed by atoms with Crippen molar-refractivity contribution in [1.29, 1.82) is 0 Å². The Kier molecular flexibility index (Phi) is 5.36. The molecule has 0 atom stereocenters. The number of nitrogens with one attached hydrogen (secondary N) is 1. The molecule has 102 valence electrons. The lowest BCUT2D eigenvalue weighted by molar-refractivity contribution is 0.370. The smallest absolute Gasteiger partial charge is 0.0137 e. The van der Waals surface area contributed by atoms with E-state index < -0.39 is 0 Å². The van der Waals surface area contributed by atoms with Gasteiger partial charge >= 0.3 is 0 Å². The lowest BCUT2D eigenvalue weighted by Crippen LogP contribution is -2.42. The summed E-state index contributed by atoms with van der Waals surface area (Å²) in [6.07, 6.45) is 2.10. The van der Waals surface area contributed by atoms with Gasteiger partial charge in [-0.3, -0.25) is 0 Å². The topological polar surface area (TPSA) is 38.0 Å². The molecule has 1 aromatic rings. The zero-order valence-electron chi connectivity index (χ0n) is 12.6. The Morgan fingerprint density at radius 3 is 2.17 bits per heavy atom. The SMILES string of the molecule is Cc1cc(C)c(CCNC(C)(C)CCN)c(C)c1. The molecule has 0 amide bonds. The molecular weight excluding hydrogens is 220 g/mol. The third kappa shape index (κ3) is 4.43. The second-order valence-electron chi connectivity index (χ2n) is 5.98. The van der Waals surface area contributed by atoms with E-state index >= 15 is 0 Å². The van der Waals surface area contributed by atoms with Gasteiger partial charge in [0.15, 0.2) is 0 Å². The third-order valence-corrected chi connectivity index (χ3v) is 3.59. The van der Waals surface area contributed by atoms with Crippen molar-refractivity contribution in [3.63, 3.8) is 0 Å². The first-order valence-electron chi connectivity index (χ1n) is 6.87. The van der Waals surface area contributed by atoms with E-state index in [0.29, 0.717) is 0 Å². The van der Waals surface area contributed by atoms with Gasteiger partial charge in [-0.15, -0.1) is 0 Å². The van der Waals surface area contributed by atoms with Gasteiger partial charge in [0.2, 0.25) is 0 Å². The molecule has 0 radical (unpaired) electrons. The fourth-order valence-corrected chi connectivity index (χ4v) is 2.58. The minimum Gasteiger partial charge on any atom is -0.330 e. The molecule has 2 heteroatoms. The molecule has 1 aromatic carbocycles. The average Bonchev–Trinajstić information content (AvgIpc) is 2.21. The summed E-state index contributed by atoms with van der Waals surface area (Å²) >= 11 is 0. The number of hydrogen-bond acceptors (Lipinski definition) is 2. The molecule has 0 bridgehead atoms. The summed E-state index contributed by atoms with van der Waals surface area (Å²) in [5.41, 5.74) is 11.4. The summed E-state index contributed by atoms with van der Waals surface area (Å²) in [5, 5.41) is 3.60. The molecule has 0 fully saturated rings. The summed E-state index contributed by atoms with van der Waals surface area (Å²) in [6.45, 7) is 12.8. The fraction of sp³-hybridized carbons (Fsp3) is 0.625. The molecule has 3 N–H and O–H groups in total. The standard InChI is InChI=1S/C16H28N2/c1-12-10-13(2)15(14(3)11-12)6-9-18-16(4,5)7-8-17/h10-11,18H,6-9,17H2,1-5H3. The van der Waals surface area contributed by atoms with Gasteiger partial charge in [-0.05, 0) is 77.2 Å². The van der Waals surface area contributed by atoms with E-state index in [1.165, 1.54) is 22.3 Å². The molecule has 0 spiro atoms. The van der Waals surface area contributed by atoms with Crippen molar-refractivity contribution in [3.05, 3.63) is 34.4 Å². The highest BCUT2D eigenvalue weighted by molar-refractivity contribution is 5.37. The third-order valence-electron chi connectivity index (χ3n) is 3.59. The van der Waals surface area contributed by atoms with Crippen LogP contribution in [0.5, 0.6) is 0 Å². The first-order chi connectivity index (χ1) is 8.35. The van der Waals surface area contributed by atoms with Crippen LogP contribution in [0.25, 0.3) is 0 Å². The first kappa shape index (κ1) is 15.2. The largest absolute Gasteiger partial charge is 0.330 e. The van der Waals surface area contributed by atoms with E-state index in [-0.39, 0.29) is 5.54 Å². The van der Waals surface area contributed by atoms with Gasteiger partial charge in [-0.2, -0.15) is 0 Å². The highest BCUT2D eigenvalue weighted by Gasteiger charge is 2.15. The second kappa shape index (κ2) is 6.35. The van der Waals surface area contributed by atoms with Crippen molar-refractivity contribution in [2.75, 3.05) is 13.1 Å². The van der Waals surface area contributed by atoms with Gasteiger partial charge in [0.05, 0.1) is 0 Å². The minimum atomic E-state index is 0.140. The van der Waals surface area contributed by atoms with Crippen LogP contribution in [0.1, 0.15) is 42.5 Å². The summed E-state index contributed by atoms with van der Waals surface area (Å²) in [4.78, 5) is 0. The van der Waals surface area contributed by atoms with E-state index in [2.05, 4.69) is 52.1 Å². The van der Waals surface area contributed by atoms with Gasteiger partial charge in [0.1, 0.15) is 0 Å². The molecule has 0 aliphatic rings. The monoisotopic (exact) mass is 248 g/mol. The molecule has 0 heterocycles. The molecule has 2 nitrogen and oxygen atoms in total. The predicted octanol–water partition coefficient (Wildman–Crippen LogP) is 2.87. The summed E-state index contributed by atoms with van der Waals surface area (Å²) in [5.74, 6) is 0. The maximum absolute atomic E-state index is 5.62. The minimum absolute atomic E-state index is 0.140.